The molecule has 0 aliphatic heterocycles. The Morgan fingerprint density at radius 3 is 2.69 bits per heavy atom. The molecule has 3 aromatic rings. The van der Waals surface area contributed by atoms with E-state index in [9.17, 15) is 18.4 Å². The normalized spacial score (nSPS) is 10.7. The van der Waals surface area contributed by atoms with E-state index in [2.05, 4.69) is 20.6 Å². The lowest BCUT2D eigenvalue weighted by Gasteiger charge is -2.06. The molecule has 0 unspecified atom stereocenters. The highest BCUT2D eigenvalue weighted by Crippen LogP contribution is 2.13. The lowest BCUT2D eigenvalue weighted by Crippen LogP contribution is -2.26. The second kappa shape index (κ2) is 7.73. The Kier molecular flexibility index (Phi) is 5.21. The zero-order chi connectivity index (χ0) is 18.5. The average Bonchev–Trinajstić information content (AvgIpc) is 3.00. The zero-order valence-electron chi connectivity index (χ0n) is 13.7. The molecule has 2 amide bonds. The van der Waals surface area contributed by atoms with E-state index in [0.717, 1.165) is 23.2 Å². The molecule has 0 atom stereocenters. The van der Waals surface area contributed by atoms with Crippen molar-refractivity contribution in [3.63, 3.8) is 0 Å². The van der Waals surface area contributed by atoms with Crippen LogP contribution in [0.25, 0.3) is 11.0 Å². The summed E-state index contributed by atoms with van der Waals surface area (Å²) in [6.07, 6.45) is 0.518. The summed E-state index contributed by atoms with van der Waals surface area (Å²) in [6.45, 7) is 0.184. The van der Waals surface area contributed by atoms with Crippen molar-refractivity contribution in [2.75, 3.05) is 11.9 Å². The van der Waals surface area contributed by atoms with Crippen molar-refractivity contribution < 1.29 is 18.4 Å². The summed E-state index contributed by atoms with van der Waals surface area (Å²) in [7, 11) is 0. The van der Waals surface area contributed by atoms with Crippen LogP contribution in [-0.2, 0) is 4.79 Å². The van der Waals surface area contributed by atoms with E-state index in [0.29, 0.717) is 18.4 Å². The van der Waals surface area contributed by atoms with Crippen LogP contribution >= 0.6 is 0 Å². The number of nitrogens with one attached hydrogen (secondary N) is 3. The third-order valence-corrected chi connectivity index (χ3v) is 3.69. The minimum absolute atomic E-state index is 0.156. The number of amides is 2. The summed E-state index contributed by atoms with van der Waals surface area (Å²) in [4.78, 5) is 31.0. The van der Waals surface area contributed by atoms with Gasteiger partial charge in [0.2, 0.25) is 11.9 Å². The summed E-state index contributed by atoms with van der Waals surface area (Å²) >= 11 is 0. The zero-order valence-corrected chi connectivity index (χ0v) is 13.7. The number of H-pyrrole nitrogens is 1. The highest BCUT2D eigenvalue weighted by Gasteiger charge is 2.12. The Bertz CT molecular complexity index is 922. The van der Waals surface area contributed by atoms with E-state index in [1.54, 1.807) is 0 Å². The standard InChI is InChI=1S/C18H16F2N4O2/c19-11-7-8-12(13(20)10-11)17(26)21-9-3-6-16(25)24-18-22-14-4-1-2-5-15(14)23-18/h1-2,4-5,7-8,10H,3,6,9H2,(H,21,26)(H2,22,23,24,25). The molecule has 1 aromatic heterocycles. The molecule has 0 radical (unpaired) electrons. The molecule has 2 aromatic carbocycles. The maximum absolute atomic E-state index is 13.5. The molecule has 134 valence electrons. The minimum Gasteiger partial charge on any atom is -0.352 e. The van der Waals surface area contributed by atoms with E-state index < -0.39 is 17.5 Å². The van der Waals surface area contributed by atoms with E-state index in [1.807, 2.05) is 24.3 Å². The Labute approximate surface area is 147 Å². The van der Waals surface area contributed by atoms with Crippen LogP contribution < -0.4 is 10.6 Å². The van der Waals surface area contributed by atoms with Crippen LogP contribution in [0, 0.1) is 11.6 Å². The molecule has 6 nitrogen and oxygen atoms in total. The summed E-state index contributed by atoms with van der Waals surface area (Å²) in [5, 5.41) is 5.14. The van der Waals surface area contributed by atoms with Gasteiger partial charge in [-0.1, -0.05) is 12.1 Å². The van der Waals surface area contributed by atoms with Crippen LogP contribution in [-0.4, -0.2) is 28.3 Å². The number of carbonyl (C=O) groups excluding carboxylic acids is 2. The van der Waals surface area contributed by atoms with E-state index in [-0.39, 0.29) is 24.4 Å². The molecular formula is C18H16F2N4O2. The Morgan fingerprint density at radius 1 is 1.12 bits per heavy atom. The third kappa shape index (κ3) is 4.21. The van der Waals surface area contributed by atoms with Gasteiger partial charge < -0.3 is 10.3 Å². The summed E-state index contributed by atoms with van der Waals surface area (Å²) in [6, 6.07) is 10.1. The third-order valence-electron chi connectivity index (χ3n) is 3.69. The maximum Gasteiger partial charge on any atom is 0.254 e. The summed E-state index contributed by atoms with van der Waals surface area (Å²) < 4.78 is 26.3. The van der Waals surface area contributed by atoms with Crippen LogP contribution in [0.5, 0.6) is 0 Å². The Balaban J connectivity index is 1.44. The predicted octanol–water partition coefficient (Wildman–Crippen LogP) is 2.99. The van der Waals surface area contributed by atoms with Gasteiger partial charge in [-0.15, -0.1) is 0 Å². The highest BCUT2D eigenvalue weighted by molar-refractivity contribution is 5.94. The largest absolute Gasteiger partial charge is 0.352 e. The van der Waals surface area contributed by atoms with Crippen molar-refractivity contribution in [1.82, 2.24) is 15.3 Å². The Hall–Kier alpha value is -3.29. The Morgan fingerprint density at radius 2 is 1.92 bits per heavy atom. The van der Waals surface area contributed by atoms with E-state index in [4.69, 9.17) is 0 Å². The first-order valence-electron chi connectivity index (χ1n) is 8.01. The van der Waals surface area contributed by atoms with Crippen molar-refractivity contribution in [3.8, 4) is 0 Å². The summed E-state index contributed by atoms with van der Waals surface area (Å²) in [5.41, 5.74) is 1.32. The molecule has 0 fully saturated rings. The first kappa shape index (κ1) is 17.5. The van der Waals surface area contributed by atoms with Gasteiger partial charge in [-0.25, -0.2) is 13.8 Å². The van der Waals surface area contributed by atoms with Crippen molar-refractivity contribution in [3.05, 3.63) is 59.7 Å². The number of carbonyl (C=O) groups is 2. The second-order valence-corrected chi connectivity index (χ2v) is 5.63. The van der Waals surface area contributed by atoms with Crippen LogP contribution in [0.2, 0.25) is 0 Å². The van der Waals surface area contributed by atoms with Crippen molar-refractivity contribution in [2.24, 2.45) is 0 Å². The number of rotatable bonds is 6. The van der Waals surface area contributed by atoms with Crippen LogP contribution in [0.1, 0.15) is 23.2 Å². The molecule has 3 N–H and O–H groups in total. The molecule has 3 rings (SSSR count). The smallest absolute Gasteiger partial charge is 0.254 e. The number of halogens is 2. The molecule has 0 saturated carbocycles. The average molecular weight is 358 g/mol. The van der Waals surface area contributed by atoms with Crippen molar-refractivity contribution >= 4 is 28.8 Å². The van der Waals surface area contributed by atoms with Gasteiger partial charge in [0.25, 0.3) is 5.91 Å². The molecular weight excluding hydrogens is 342 g/mol. The van der Waals surface area contributed by atoms with Gasteiger partial charge >= 0.3 is 0 Å². The molecule has 0 bridgehead atoms. The van der Waals surface area contributed by atoms with Gasteiger partial charge in [0, 0.05) is 19.0 Å². The van der Waals surface area contributed by atoms with E-state index in [1.165, 1.54) is 0 Å². The SMILES string of the molecule is O=C(CCCNC(=O)c1ccc(F)cc1F)Nc1nc2ccccc2[nH]1. The number of aromatic amines is 1. The fourth-order valence-electron chi connectivity index (χ4n) is 2.43. The monoisotopic (exact) mass is 358 g/mol. The minimum atomic E-state index is -0.926. The summed E-state index contributed by atoms with van der Waals surface area (Å²) in [5.74, 6) is -2.23. The van der Waals surface area contributed by atoms with Gasteiger partial charge in [0.15, 0.2) is 0 Å². The maximum atomic E-state index is 13.5. The van der Waals surface area contributed by atoms with Gasteiger partial charge in [-0.05, 0) is 30.7 Å². The first-order chi connectivity index (χ1) is 12.5. The molecule has 0 aliphatic rings. The topological polar surface area (TPSA) is 86.9 Å². The molecule has 26 heavy (non-hydrogen) atoms. The van der Waals surface area contributed by atoms with Gasteiger partial charge in [-0.3, -0.25) is 14.9 Å². The number of imidazole rings is 1. The number of hydrogen-bond acceptors (Lipinski definition) is 3. The highest BCUT2D eigenvalue weighted by atomic mass is 19.1. The van der Waals surface area contributed by atoms with Gasteiger partial charge in [0.1, 0.15) is 11.6 Å². The van der Waals surface area contributed by atoms with Crippen LogP contribution in [0.15, 0.2) is 42.5 Å². The van der Waals surface area contributed by atoms with Crippen molar-refractivity contribution in [2.45, 2.75) is 12.8 Å². The molecule has 0 spiro atoms. The van der Waals surface area contributed by atoms with Crippen LogP contribution in [0.4, 0.5) is 14.7 Å². The van der Waals surface area contributed by atoms with Crippen LogP contribution in [0.3, 0.4) is 0 Å². The molecule has 1 heterocycles. The number of nitrogens with zero attached hydrogens (tertiary/aromatic N) is 1. The van der Waals surface area contributed by atoms with Gasteiger partial charge in [0.05, 0.1) is 16.6 Å². The number of hydrogen-bond donors (Lipinski definition) is 3. The number of benzene rings is 2. The molecule has 8 heteroatoms. The van der Waals surface area contributed by atoms with Gasteiger partial charge in [-0.2, -0.15) is 0 Å². The second-order valence-electron chi connectivity index (χ2n) is 5.63. The van der Waals surface area contributed by atoms with E-state index >= 15 is 0 Å². The predicted molar refractivity (Wildman–Crippen MR) is 92.6 cm³/mol. The first-order valence-corrected chi connectivity index (χ1v) is 8.01. The number of para-hydroxylation sites is 2. The fraction of sp³-hybridized carbons (Fsp3) is 0.167. The number of aromatic nitrogens is 2. The lowest BCUT2D eigenvalue weighted by molar-refractivity contribution is -0.116. The van der Waals surface area contributed by atoms with Crippen molar-refractivity contribution in [1.29, 1.82) is 0 Å². The number of fused-ring (bicyclic) bond motifs is 1. The quantitative estimate of drug-likeness (QED) is 0.592. The number of anilines is 1. The molecule has 0 saturated heterocycles. The fourth-order valence-corrected chi connectivity index (χ4v) is 2.43. The molecule has 0 aliphatic carbocycles. The lowest BCUT2D eigenvalue weighted by atomic mass is 10.2.